The Balaban J connectivity index is 2.20. The van der Waals surface area contributed by atoms with Crippen LogP contribution in [0.5, 0.6) is 0 Å². The highest BCUT2D eigenvalue weighted by Gasteiger charge is 2.16. The van der Waals surface area contributed by atoms with Crippen LogP contribution < -0.4 is 5.32 Å². The number of amides is 1. The van der Waals surface area contributed by atoms with Gasteiger partial charge in [-0.05, 0) is 12.1 Å². The van der Waals surface area contributed by atoms with E-state index in [0.29, 0.717) is 16.5 Å². The van der Waals surface area contributed by atoms with Crippen molar-refractivity contribution in [1.82, 2.24) is 5.32 Å². The maximum absolute atomic E-state index is 13.5. The van der Waals surface area contributed by atoms with Crippen LogP contribution in [0.25, 0.3) is 0 Å². The zero-order valence-electron chi connectivity index (χ0n) is 9.18. The van der Waals surface area contributed by atoms with E-state index in [-0.39, 0.29) is 11.5 Å². The minimum absolute atomic E-state index is 0.121. The van der Waals surface area contributed by atoms with Crippen molar-refractivity contribution >= 4 is 29.1 Å². The van der Waals surface area contributed by atoms with Gasteiger partial charge in [0.15, 0.2) is 5.17 Å². The number of thioether (sulfide) groups is 1. The normalized spacial score (nSPS) is 17.1. The number of hydrogen-bond acceptors (Lipinski definition) is 4. The fourth-order valence-electron chi connectivity index (χ4n) is 1.31. The molecule has 0 spiro atoms. The average molecular weight is 261 g/mol. The summed E-state index contributed by atoms with van der Waals surface area (Å²) in [7, 11) is 0. The molecule has 18 heavy (non-hydrogen) atoms. The summed E-state index contributed by atoms with van der Waals surface area (Å²) >= 11 is 1.24. The van der Waals surface area contributed by atoms with Crippen molar-refractivity contribution in [2.24, 2.45) is 10.2 Å². The van der Waals surface area contributed by atoms with Crippen LogP contribution in [0.15, 0.2) is 28.4 Å². The molecular weight excluding hydrogens is 253 g/mol. The molecular formula is C12H8FN3OS. The van der Waals surface area contributed by atoms with Gasteiger partial charge in [-0.15, -0.1) is 11.5 Å². The van der Waals surface area contributed by atoms with Crippen molar-refractivity contribution in [2.75, 3.05) is 5.75 Å². The fourth-order valence-corrected chi connectivity index (χ4v) is 1.94. The number of amidine groups is 1. The van der Waals surface area contributed by atoms with Crippen LogP contribution in [0.2, 0.25) is 0 Å². The molecule has 0 aliphatic carbocycles. The number of nitrogens with zero attached hydrogens (tertiary/aromatic N) is 2. The SMILES string of the molecule is C#Cc1cccc(F)c1C=NN=C1NC(=O)CS1. The van der Waals surface area contributed by atoms with E-state index in [0.717, 1.165) is 0 Å². The Morgan fingerprint density at radius 3 is 3.06 bits per heavy atom. The molecule has 90 valence electrons. The molecule has 1 saturated heterocycles. The molecule has 1 aliphatic heterocycles. The van der Waals surface area contributed by atoms with Crippen LogP contribution in [0.1, 0.15) is 11.1 Å². The maximum atomic E-state index is 13.5. The summed E-state index contributed by atoms with van der Waals surface area (Å²) in [6, 6.07) is 4.44. The molecule has 1 aromatic carbocycles. The topological polar surface area (TPSA) is 53.8 Å². The zero-order chi connectivity index (χ0) is 13.0. The Morgan fingerprint density at radius 1 is 1.56 bits per heavy atom. The number of halogens is 1. The largest absolute Gasteiger partial charge is 0.303 e. The third kappa shape index (κ3) is 2.76. The number of nitrogens with one attached hydrogen (secondary N) is 1. The van der Waals surface area contributed by atoms with E-state index in [1.807, 2.05) is 0 Å². The standard InChI is InChI=1S/C12H8FN3OS/c1-2-8-4-3-5-10(13)9(8)6-14-16-12-15-11(17)7-18-12/h1,3-6H,7H2,(H,15,16,17). The summed E-state index contributed by atoms with van der Waals surface area (Å²) in [5, 5.41) is 10.4. The predicted molar refractivity (Wildman–Crippen MR) is 70.0 cm³/mol. The van der Waals surface area contributed by atoms with Crippen LogP contribution >= 0.6 is 11.8 Å². The molecule has 1 fully saturated rings. The number of carbonyl (C=O) groups excluding carboxylic acids is 1. The molecule has 0 bridgehead atoms. The highest BCUT2D eigenvalue weighted by molar-refractivity contribution is 8.15. The number of terminal acetylenes is 1. The van der Waals surface area contributed by atoms with Crippen LogP contribution in [-0.4, -0.2) is 23.0 Å². The lowest BCUT2D eigenvalue weighted by Gasteiger charge is -1.98. The lowest BCUT2D eigenvalue weighted by Crippen LogP contribution is -2.19. The Labute approximate surface area is 107 Å². The predicted octanol–water partition coefficient (Wildman–Crippen LogP) is 1.36. The van der Waals surface area contributed by atoms with Gasteiger partial charge in [0.1, 0.15) is 5.82 Å². The number of rotatable bonds is 2. The van der Waals surface area contributed by atoms with E-state index in [1.165, 1.54) is 30.1 Å². The van der Waals surface area contributed by atoms with Gasteiger partial charge < -0.3 is 5.32 Å². The van der Waals surface area contributed by atoms with Crippen molar-refractivity contribution in [2.45, 2.75) is 0 Å². The van der Waals surface area contributed by atoms with Gasteiger partial charge in [0, 0.05) is 11.1 Å². The Kier molecular flexibility index (Phi) is 3.75. The second-order valence-corrected chi connectivity index (χ2v) is 4.30. The number of carbonyl (C=O) groups is 1. The molecule has 4 nitrogen and oxygen atoms in total. The summed E-state index contributed by atoms with van der Waals surface area (Å²) in [6.45, 7) is 0. The summed E-state index contributed by atoms with van der Waals surface area (Å²) in [6.07, 6.45) is 6.49. The van der Waals surface area contributed by atoms with Gasteiger partial charge in [0.25, 0.3) is 0 Å². The highest BCUT2D eigenvalue weighted by atomic mass is 32.2. The third-order valence-electron chi connectivity index (χ3n) is 2.13. The zero-order valence-corrected chi connectivity index (χ0v) is 10.00. The van der Waals surface area contributed by atoms with Gasteiger partial charge in [0.2, 0.25) is 5.91 Å². The second-order valence-electron chi connectivity index (χ2n) is 3.33. The van der Waals surface area contributed by atoms with Gasteiger partial charge in [0.05, 0.1) is 12.0 Å². The van der Waals surface area contributed by atoms with Gasteiger partial charge in [-0.1, -0.05) is 23.7 Å². The molecule has 6 heteroatoms. The van der Waals surface area contributed by atoms with E-state index in [2.05, 4.69) is 21.4 Å². The van der Waals surface area contributed by atoms with E-state index in [9.17, 15) is 9.18 Å². The summed E-state index contributed by atoms with van der Waals surface area (Å²) in [5.74, 6) is 2.11. The van der Waals surface area contributed by atoms with Crippen molar-refractivity contribution in [3.05, 3.63) is 35.1 Å². The molecule has 1 N–H and O–H groups in total. The van der Waals surface area contributed by atoms with Crippen LogP contribution in [0.3, 0.4) is 0 Å². The van der Waals surface area contributed by atoms with Crippen molar-refractivity contribution in [3.8, 4) is 12.3 Å². The maximum Gasteiger partial charge on any atom is 0.236 e. The smallest absolute Gasteiger partial charge is 0.236 e. The third-order valence-corrected chi connectivity index (χ3v) is 2.99. The molecule has 0 unspecified atom stereocenters. The lowest BCUT2D eigenvalue weighted by molar-refractivity contribution is -0.116. The number of benzene rings is 1. The van der Waals surface area contributed by atoms with E-state index < -0.39 is 5.82 Å². The molecule has 1 heterocycles. The van der Waals surface area contributed by atoms with Gasteiger partial charge in [-0.2, -0.15) is 5.10 Å². The Morgan fingerprint density at radius 2 is 2.39 bits per heavy atom. The van der Waals surface area contributed by atoms with Crippen LogP contribution in [0.4, 0.5) is 4.39 Å². The average Bonchev–Trinajstić information content (AvgIpc) is 2.77. The van der Waals surface area contributed by atoms with Gasteiger partial charge in [-0.25, -0.2) is 4.39 Å². The summed E-state index contributed by atoms with van der Waals surface area (Å²) in [5.41, 5.74) is 0.612. The molecule has 0 atom stereocenters. The number of hydrogen-bond donors (Lipinski definition) is 1. The summed E-state index contributed by atoms with van der Waals surface area (Å²) in [4.78, 5) is 10.9. The van der Waals surface area contributed by atoms with E-state index >= 15 is 0 Å². The van der Waals surface area contributed by atoms with Crippen LogP contribution in [0, 0.1) is 18.2 Å². The van der Waals surface area contributed by atoms with E-state index in [4.69, 9.17) is 6.42 Å². The summed E-state index contributed by atoms with van der Waals surface area (Å²) < 4.78 is 13.5. The first-order valence-electron chi connectivity index (χ1n) is 4.99. The van der Waals surface area contributed by atoms with E-state index in [1.54, 1.807) is 6.07 Å². The Bertz CT molecular complexity index is 589. The highest BCUT2D eigenvalue weighted by Crippen LogP contribution is 2.11. The molecule has 2 rings (SSSR count). The van der Waals surface area contributed by atoms with Crippen molar-refractivity contribution in [3.63, 3.8) is 0 Å². The molecule has 1 aliphatic rings. The minimum Gasteiger partial charge on any atom is -0.303 e. The molecule has 1 amide bonds. The van der Waals surface area contributed by atoms with Gasteiger partial charge in [-0.3, -0.25) is 4.79 Å². The molecule has 0 aromatic heterocycles. The Hall–Kier alpha value is -2.13. The molecule has 1 aromatic rings. The minimum atomic E-state index is -0.461. The monoisotopic (exact) mass is 261 g/mol. The second kappa shape index (κ2) is 5.47. The first-order chi connectivity index (χ1) is 8.70. The van der Waals surface area contributed by atoms with Gasteiger partial charge >= 0.3 is 0 Å². The lowest BCUT2D eigenvalue weighted by atomic mass is 10.1. The first-order valence-corrected chi connectivity index (χ1v) is 5.98. The van der Waals surface area contributed by atoms with Crippen molar-refractivity contribution < 1.29 is 9.18 Å². The molecule has 0 radical (unpaired) electrons. The van der Waals surface area contributed by atoms with Crippen LogP contribution in [-0.2, 0) is 4.79 Å². The van der Waals surface area contributed by atoms with Crippen molar-refractivity contribution in [1.29, 1.82) is 0 Å². The quantitative estimate of drug-likeness (QED) is 0.496. The fraction of sp³-hybridized carbons (Fsp3) is 0.0833. The first kappa shape index (κ1) is 12.3. The molecule has 0 saturated carbocycles.